The van der Waals surface area contributed by atoms with Gasteiger partial charge in [-0.1, -0.05) is 56.8 Å². The summed E-state index contributed by atoms with van der Waals surface area (Å²) in [6.45, 7) is 11.0. The molecule has 0 aliphatic rings. The number of ether oxygens (including phenoxy) is 1. The molecule has 0 saturated carbocycles. The summed E-state index contributed by atoms with van der Waals surface area (Å²) in [5.41, 5.74) is 3.11. The fourth-order valence-electron chi connectivity index (χ4n) is 3.04. The lowest BCUT2D eigenvalue weighted by molar-refractivity contribution is -0.115. The van der Waals surface area contributed by atoms with Crippen LogP contribution >= 0.6 is 11.8 Å². The van der Waals surface area contributed by atoms with Crippen LogP contribution in [0.1, 0.15) is 40.2 Å². The topological polar surface area (TPSA) is 69.0 Å². The van der Waals surface area contributed by atoms with E-state index in [4.69, 9.17) is 4.74 Å². The van der Waals surface area contributed by atoms with Crippen LogP contribution in [-0.4, -0.2) is 32.5 Å². The standard InChI is InChI=1S/C24H30N4O2S/c1-7-30-20-14-12-19(13-15-20)25-22(29)16(2)31-23-27-26-21(28(23)6)17-8-10-18(11-9-17)24(3,4)5/h8-16H,7H2,1-6H3,(H,25,29). The Labute approximate surface area is 188 Å². The monoisotopic (exact) mass is 438 g/mol. The Morgan fingerprint density at radius 2 is 1.74 bits per heavy atom. The quantitative estimate of drug-likeness (QED) is 0.507. The first-order chi connectivity index (χ1) is 14.7. The molecule has 1 atom stereocenters. The van der Waals surface area contributed by atoms with Gasteiger partial charge in [0.1, 0.15) is 5.75 Å². The summed E-state index contributed by atoms with van der Waals surface area (Å²) in [5, 5.41) is 12.0. The average Bonchev–Trinajstić information content (AvgIpc) is 3.09. The molecule has 164 valence electrons. The Bertz CT molecular complexity index is 1020. The Balaban J connectivity index is 1.66. The van der Waals surface area contributed by atoms with E-state index < -0.39 is 0 Å². The van der Waals surface area contributed by atoms with Gasteiger partial charge in [0, 0.05) is 18.3 Å². The van der Waals surface area contributed by atoms with Crippen LogP contribution in [0.15, 0.2) is 53.7 Å². The highest BCUT2D eigenvalue weighted by Gasteiger charge is 2.20. The molecule has 7 heteroatoms. The predicted octanol–water partition coefficient (Wildman–Crippen LogP) is 5.30. The van der Waals surface area contributed by atoms with Gasteiger partial charge in [0.2, 0.25) is 5.91 Å². The Hall–Kier alpha value is -2.80. The van der Waals surface area contributed by atoms with E-state index in [1.165, 1.54) is 17.3 Å². The molecule has 31 heavy (non-hydrogen) atoms. The van der Waals surface area contributed by atoms with E-state index in [0.29, 0.717) is 11.8 Å². The normalized spacial score (nSPS) is 12.5. The van der Waals surface area contributed by atoms with Crippen molar-refractivity contribution in [3.8, 4) is 17.1 Å². The lowest BCUT2D eigenvalue weighted by Gasteiger charge is -2.19. The van der Waals surface area contributed by atoms with Gasteiger partial charge in [-0.2, -0.15) is 0 Å². The van der Waals surface area contributed by atoms with Gasteiger partial charge in [0.05, 0.1) is 11.9 Å². The molecular formula is C24H30N4O2S. The number of carbonyl (C=O) groups excluding carboxylic acids is 1. The number of amides is 1. The van der Waals surface area contributed by atoms with E-state index in [-0.39, 0.29) is 16.6 Å². The number of hydrogen-bond donors (Lipinski definition) is 1. The number of hydrogen-bond acceptors (Lipinski definition) is 5. The van der Waals surface area contributed by atoms with Crippen molar-refractivity contribution < 1.29 is 9.53 Å². The second-order valence-electron chi connectivity index (χ2n) is 8.40. The number of benzene rings is 2. The summed E-state index contributed by atoms with van der Waals surface area (Å²) in [6.07, 6.45) is 0. The molecule has 0 fully saturated rings. The molecule has 1 N–H and O–H groups in total. The number of anilines is 1. The van der Waals surface area contributed by atoms with E-state index >= 15 is 0 Å². The van der Waals surface area contributed by atoms with Gasteiger partial charge >= 0.3 is 0 Å². The highest BCUT2D eigenvalue weighted by molar-refractivity contribution is 8.00. The molecule has 0 aliphatic heterocycles. The van der Waals surface area contributed by atoms with Crippen molar-refractivity contribution in [2.24, 2.45) is 7.05 Å². The Morgan fingerprint density at radius 1 is 1.10 bits per heavy atom. The lowest BCUT2D eigenvalue weighted by atomic mass is 9.87. The van der Waals surface area contributed by atoms with E-state index in [1.807, 2.05) is 49.7 Å². The second kappa shape index (κ2) is 9.56. The molecular weight excluding hydrogens is 408 g/mol. The first-order valence-electron chi connectivity index (χ1n) is 10.4. The van der Waals surface area contributed by atoms with Crippen LogP contribution in [0.5, 0.6) is 5.75 Å². The number of rotatable bonds is 7. The highest BCUT2D eigenvalue weighted by atomic mass is 32.2. The van der Waals surface area contributed by atoms with E-state index in [9.17, 15) is 4.79 Å². The minimum atomic E-state index is -0.328. The molecule has 6 nitrogen and oxygen atoms in total. The SMILES string of the molecule is CCOc1ccc(NC(=O)C(C)Sc2nnc(-c3ccc(C(C)(C)C)cc3)n2C)cc1. The van der Waals surface area contributed by atoms with E-state index in [2.05, 4.69) is 60.6 Å². The predicted molar refractivity (Wildman–Crippen MR) is 127 cm³/mol. The fourth-order valence-corrected chi connectivity index (χ4v) is 3.86. The molecule has 1 unspecified atom stereocenters. The zero-order chi connectivity index (χ0) is 22.6. The highest BCUT2D eigenvalue weighted by Crippen LogP contribution is 2.28. The summed E-state index contributed by atoms with van der Waals surface area (Å²) >= 11 is 1.38. The molecule has 1 aromatic heterocycles. The van der Waals surface area contributed by atoms with E-state index in [0.717, 1.165) is 22.8 Å². The fraction of sp³-hybridized carbons (Fsp3) is 0.375. The molecule has 0 radical (unpaired) electrons. The average molecular weight is 439 g/mol. The van der Waals surface area contributed by atoms with Crippen LogP contribution in [0, 0.1) is 0 Å². The maximum atomic E-state index is 12.6. The van der Waals surface area contributed by atoms with Crippen molar-refractivity contribution in [1.29, 1.82) is 0 Å². The van der Waals surface area contributed by atoms with Crippen molar-refractivity contribution in [3.05, 3.63) is 54.1 Å². The number of nitrogens with zero attached hydrogens (tertiary/aromatic N) is 3. The largest absolute Gasteiger partial charge is 0.494 e. The summed E-state index contributed by atoms with van der Waals surface area (Å²) in [4.78, 5) is 12.6. The zero-order valence-electron chi connectivity index (χ0n) is 19.0. The minimum Gasteiger partial charge on any atom is -0.494 e. The third kappa shape index (κ3) is 5.67. The van der Waals surface area contributed by atoms with Gasteiger partial charge in [0.15, 0.2) is 11.0 Å². The summed E-state index contributed by atoms with van der Waals surface area (Å²) in [7, 11) is 1.92. The zero-order valence-corrected chi connectivity index (χ0v) is 19.8. The molecule has 1 amide bonds. The summed E-state index contributed by atoms with van der Waals surface area (Å²) < 4.78 is 7.36. The molecule has 2 aromatic carbocycles. The maximum absolute atomic E-state index is 12.6. The van der Waals surface area contributed by atoms with Crippen LogP contribution in [-0.2, 0) is 17.3 Å². The van der Waals surface area contributed by atoms with Crippen molar-refractivity contribution >= 4 is 23.4 Å². The first kappa shape index (κ1) is 22.9. The van der Waals surface area contributed by atoms with Crippen molar-refractivity contribution in [2.45, 2.75) is 50.4 Å². The van der Waals surface area contributed by atoms with Crippen LogP contribution in [0.25, 0.3) is 11.4 Å². The van der Waals surface area contributed by atoms with Crippen LogP contribution in [0.2, 0.25) is 0 Å². The summed E-state index contributed by atoms with van der Waals surface area (Å²) in [5.74, 6) is 1.47. The third-order valence-electron chi connectivity index (χ3n) is 4.93. The molecule has 1 heterocycles. The Kier molecular flexibility index (Phi) is 7.05. The number of thioether (sulfide) groups is 1. The van der Waals surface area contributed by atoms with Crippen molar-refractivity contribution in [3.63, 3.8) is 0 Å². The number of aromatic nitrogens is 3. The second-order valence-corrected chi connectivity index (χ2v) is 9.71. The molecule has 0 saturated heterocycles. The van der Waals surface area contributed by atoms with Gasteiger partial charge in [-0.3, -0.25) is 4.79 Å². The maximum Gasteiger partial charge on any atom is 0.237 e. The molecule has 0 aliphatic carbocycles. The lowest BCUT2D eigenvalue weighted by Crippen LogP contribution is -2.22. The first-order valence-corrected chi connectivity index (χ1v) is 11.3. The van der Waals surface area contributed by atoms with Crippen LogP contribution < -0.4 is 10.1 Å². The van der Waals surface area contributed by atoms with Crippen LogP contribution in [0.4, 0.5) is 5.69 Å². The van der Waals surface area contributed by atoms with E-state index in [1.54, 1.807) is 0 Å². The van der Waals surface area contributed by atoms with Gasteiger partial charge in [-0.25, -0.2) is 0 Å². The number of carbonyl (C=O) groups is 1. The molecule has 3 rings (SSSR count). The molecule has 0 spiro atoms. The van der Waals surface area contributed by atoms with Crippen molar-refractivity contribution in [1.82, 2.24) is 14.8 Å². The van der Waals surface area contributed by atoms with Crippen molar-refractivity contribution in [2.75, 3.05) is 11.9 Å². The molecule has 3 aromatic rings. The summed E-state index contributed by atoms with van der Waals surface area (Å²) in [6, 6.07) is 15.8. The Morgan fingerprint density at radius 3 is 2.32 bits per heavy atom. The van der Waals surface area contributed by atoms with Gasteiger partial charge in [0.25, 0.3) is 0 Å². The van der Waals surface area contributed by atoms with Gasteiger partial charge in [-0.15, -0.1) is 10.2 Å². The molecule has 0 bridgehead atoms. The minimum absolute atomic E-state index is 0.0896. The van der Waals surface area contributed by atoms with Gasteiger partial charge in [-0.05, 0) is 49.1 Å². The number of nitrogens with one attached hydrogen (secondary N) is 1. The smallest absolute Gasteiger partial charge is 0.237 e. The van der Waals surface area contributed by atoms with Crippen LogP contribution in [0.3, 0.4) is 0 Å². The van der Waals surface area contributed by atoms with Gasteiger partial charge < -0.3 is 14.6 Å². The third-order valence-corrected chi connectivity index (χ3v) is 6.06.